The lowest BCUT2D eigenvalue weighted by atomic mass is 10.1. The number of para-hydroxylation sites is 1. The molecule has 1 atom stereocenters. The summed E-state index contributed by atoms with van der Waals surface area (Å²) in [7, 11) is 1.47. The summed E-state index contributed by atoms with van der Waals surface area (Å²) in [4.78, 5) is 39.2. The second-order valence-corrected chi connectivity index (χ2v) is 6.84. The number of aromatic nitrogens is 2. The number of ether oxygens (including phenoxy) is 1. The fourth-order valence-electron chi connectivity index (χ4n) is 3.66. The SMILES string of the molecule is CC1Cc2ccccc2N1C(=O)COC(=O)c1nn(C)c(=O)c2ccccc12. The quantitative estimate of drug-likeness (QED) is 0.653. The van der Waals surface area contributed by atoms with Crippen LogP contribution in [0.2, 0.25) is 0 Å². The van der Waals surface area contributed by atoms with Crippen LogP contribution < -0.4 is 10.5 Å². The van der Waals surface area contributed by atoms with Gasteiger partial charge >= 0.3 is 5.97 Å². The van der Waals surface area contributed by atoms with E-state index in [9.17, 15) is 14.4 Å². The maximum Gasteiger partial charge on any atom is 0.359 e. The molecule has 1 aliphatic heterocycles. The molecule has 4 rings (SSSR count). The van der Waals surface area contributed by atoms with Crippen LogP contribution in [0.15, 0.2) is 53.3 Å². The van der Waals surface area contributed by atoms with Gasteiger partial charge < -0.3 is 9.64 Å². The lowest BCUT2D eigenvalue weighted by molar-refractivity contribution is -0.122. The molecule has 1 amide bonds. The minimum absolute atomic E-state index is 0.0000963. The van der Waals surface area contributed by atoms with Crippen molar-refractivity contribution in [3.8, 4) is 0 Å². The van der Waals surface area contributed by atoms with E-state index < -0.39 is 12.6 Å². The topological polar surface area (TPSA) is 81.5 Å². The van der Waals surface area contributed by atoms with Crippen molar-refractivity contribution in [3.05, 3.63) is 70.1 Å². The van der Waals surface area contributed by atoms with Crippen molar-refractivity contribution < 1.29 is 14.3 Å². The summed E-state index contributed by atoms with van der Waals surface area (Å²) in [5, 5.41) is 4.81. The molecule has 1 aromatic heterocycles. The standard InChI is InChI=1S/C21H19N3O4/c1-13-11-14-7-3-6-10-17(14)24(13)18(25)12-28-21(27)19-15-8-4-5-9-16(15)20(26)23(2)22-19/h3-10,13H,11-12H2,1-2H3. The molecule has 0 fully saturated rings. The minimum Gasteiger partial charge on any atom is -0.451 e. The Morgan fingerprint density at radius 1 is 1.11 bits per heavy atom. The van der Waals surface area contributed by atoms with Crippen LogP contribution in [0.1, 0.15) is 23.0 Å². The van der Waals surface area contributed by atoms with Gasteiger partial charge in [0.2, 0.25) is 0 Å². The molecule has 1 aliphatic rings. The highest BCUT2D eigenvalue weighted by atomic mass is 16.5. The van der Waals surface area contributed by atoms with E-state index in [0.29, 0.717) is 10.8 Å². The second-order valence-electron chi connectivity index (χ2n) is 6.84. The predicted molar refractivity (Wildman–Crippen MR) is 104 cm³/mol. The highest BCUT2D eigenvalue weighted by Gasteiger charge is 2.31. The average Bonchev–Trinajstić information content (AvgIpc) is 3.04. The number of amides is 1. The van der Waals surface area contributed by atoms with Gasteiger partial charge in [-0.05, 0) is 31.0 Å². The summed E-state index contributed by atoms with van der Waals surface area (Å²) in [6.45, 7) is 1.57. The van der Waals surface area contributed by atoms with Gasteiger partial charge in [0.05, 0.1) is 5.39 Å². The Labute approximate surface area is 161 Å². The van der Waals surface area contributed by atoms with Crippen molar-refractivity contribution in [2.75, 3.05) is 11.5 Å². The van der Waals surface area contributed by atoms with Gasteiger partial charge in [-0.2, -0.15) is 5.10 Å². The molecule has 7 heteroatoms. The van der Waals surface area contributed by atoms with Crippen LogP contribution in [0.25, 0.3) is 10.8 Å². The number of fused-ring (bicyclic) bond motifs is 2. The Morgan fingerprint density at radius 2 is 1.79 bits per heavy atom. The van der Waals surface area contributed by atoms with Crippen LogP contribution in [0.4, 0.5) is 5.69 Å². The third-order valence-corrected chi connectivity index (χ3v) is 4.95. The third kappa shape index (κ3) is 2.94. The monoisotopic (exact) mass is 377 g/mol. The molecule has 0 radical (unpaired) electrons. The first-order valence-corrected chi connectivity index (χ1v) is 9.00. The van der Waals surface area contributed by atoms with Crippen molar-refractivity contribution in [2.45, 2.75) is 19.4 Å². The van der Waals surface area contributed by atoms with Crippen LogP contribution in [-0.4, -0.2) is 34.3 Å². The van der Waals surface area contributed by atoms with Gasteiger partial charge in [-0.3, -0.25) is 9.59 Å². The number of rotatable bonds is 3. The maximum atomic E-state index is 12.7. The molecule has 0 N–H and O–H groups in total. The van der Waals surface area contributed by atoms with Crippen molar-refractivity contribution in [3.63, 3.8) is 0 Å². The number of anilines is 1. The molecule has 0 bridgehead atoms. The lowest BCUT2D eigenvalue weighted by Crippen LogP contribution is -2.38. The van der Waals surface area contributed by atoms with Gasteiger partial charge in [-0.25, -0.2) is 9.48 Å². The summed E-state index contributed by atoms with van der Waals surface area (Å²) in [5.41, 5.74) is 1.66. The van der Waals surface area contributed by atoms with Crippen LogP contribution >= 0.6 is 0 Å². The normalized spacial score (nSPS) is 15.5. The van der Waals surface area contributed by atoms with E-state index in [1.54, 1.807) is 29.2 Å². The summed E-state index contributed by atoms with van der Waals surface area (Å²) >= 11 is 0. The van der Waals surface area contributed by atoms with Crippen molar-refractivity contribution in [1.82, 2.24) is 9.78 Å². The summed E-state index contributed by atoms with van der Waals surface area (Å²) in [6.07, 6.45) is 0.767. The Kier molecular flexibility index (Phi) is 4.43. The Balaban J connectivity index is 1.56. The fraction of sp³-hybridized carbons (Fsp3) is 0.238. The molecular formula is C21H19N3O4. The van der Waals surface area contributed by atoms with E-state index in [1.165, 1.54) is 7.05 Å². The number of hydrogen-bond acceptors (Lipinski definition) is 5. The van der Waals surface area contributed by atoms with E-state index in [1.807, 2.05) is 31.2 Å². The second kappa shape index (κ2) is 6.92. The smallest absolute Gasteiger partial charge is 0.359 e. The Bertz CT molecular complexity index is 1150. The molecule has 28 heavy (non-hydrogen) atoms. The largest absolute Gasteiger partial charge is 0.451 e. The zero-order valence-electron chi connectivity index (χ0n) is 15.6. The Morgan fingerprint density at radius 3 is 2.57 bits per heavy atom. The van der Waals surface area contributed by atoms with Crippen LogP contribution in [0, 0.1) is 0 Å². The molecule has 0 saturated heterocycles. The van der Waals surface area contributed by atoms with Gasteiger partial charge in [0.15, 0.2) is 12.3 Å². The van der Waals surface area contributed by atoms with Gasteiger partial charge in [-0.1, -0.05) is 36.4 Å². The predicted octanol–water partition coefficient (Wildman–Crippen LogP) is 2.07. The van der Waals surface area contributed by atoms with Gasteiger partial charge in [0.1, 0.15) is 0 Å². The number of esters is 1. The zero-order chi connectivity index (χ0) is 19.8. The number of hydrogen-bond donors (Lipinski definition) is 0. The fourth-order valence-corrected chi connectivity index (χ4v) is 3.66. The maximum absolute atomic E-state index is 12.7. The molecule has 0 spiro atoms. The van der Waals surface area contributed by atoms with E-state index in [4.69, 9.17) is 4.74 Å². The number of carbonyl (C=O) groups excluding carboxylic acids is 2. The van der Waals surface area contributed by atoms with E-state index in [-0.39, 0.29) is 23.2 Å². The molecule has 3 aromatic rings. The van der Waals surface area contributed by atoms with Gasteiger partial charge in [0.25, 0.3) is 11.5 Å². The minimum atomic E-state index is -0.736. The Hall–Kier alpha value is -3.48. The number of carbonyl (C=O) groups is 2. The average molecular weight is 377 g/mol. The molecule has 0 saturated carbocycles. The molecule has 7 nitrogen and oxygen atoms in total. The highest BCUT2D eigenvalue weighted by molar-refractivity contribution is 6.04. The molecular weight excluding hydrogens is 358 g/mol. The van der Waals surface area contributed by atoms with Crippen molar-refractivity contribution >= 4 is 28.3 Å². The van der Waals surface area contributed by atoms with Crippen LogP contribution in [0.3, 0.4) is 0 Å². The first-order valence-electron chi connectivity index (χ1n) is 9.00. The van der Waals surface area contributed by atoms with E-state index in [0.717, 1.165) is 22.4 Å². The number of nitrogens with zero attached hydrogens (tertiary/aromatic N) is 3. The molecule has 1 unspecified atom stereocenters. The van der Waals surface area contributed by atoms with E-state index >= 15 is 0 Å². The molecule has 0 aliphatic carbocycles. The van der Waals surface area contributed by atoms with E-state index in [2.05, 4.69) is 5.10 Å². The third-order valence-electron chi connectivity index (χ3n) is 4.95. The summed E-state index contributed by atoms with van der Waals surface area (Å²) in [5.74, 6) is -1.03. The van der Waals surface area contributed by atoms with Crippen molar-refractivity contribution in [2.24, 2.45) is 7.05 Å². The zero-order valence-corrected chi connectivity index (χ0v) is 15.6. The summed E-state index contributed by atoms with van der Waals surface area (Å²) in [6, 6.07) is 14.4. The highest BCUT2D eigenvalue weighted by Crippen LogP contribution is 2.31. The summed E-state index contributed by atoms with van der Waals surface area (Å²) < 4.78 is 6.36. The van der Waals surface area contributed by atoms with Crippen LogP contribution in [-0.2, 0) is 23.0 Å². The lowest BCUT2D eigenvalue weighted by Gasteiger charge is -2.22. The molecule has 2 heterocycles. The van der Waals surface area contributed by atoms with Crippen LogP contribution in [0.5, 0.6) is 0 Å². The van der Waals surface area contributed by atoms with Crippen molar-refractivity contribution in [1.29, 1.82) is 0 Å². The van der Waals surface area contributed by atoms with Gasteiger partial charge in [0, 0.05) is 24.2 Å². The first kappa shape index (κ1) is 17.9. The molecule has 2 aromatic carbocycles. The first-order chi connectivity index (χ1) is 13.5. The molecule has 142 valence electrons. The number of aryl methyl sites for hydroxylation is 1. The number of benzene rings is 2. The van der Waals surface area contributed by atoms with Gasteiger partial charge in [-0.15, -0.1) is 0 Å².